The van der Waals surface area contributed by atoms with Gasteiger partial charge in [-0.25, -0.2) is 0 Å². The standard InChI is InChI=1S/C18H18O3/c1-12-5-3-6-14(9-12)18(19)16-7-4-8-17(13(16)2)21-11-15-10-20-15/h3-9,15H,10-11H2,1-2H3. The van der Waals surface area contributed by atoms with Gasteiger partial charge in [0, 0.05) is 16.7 Å². The van der Waals surface area contributed by atoms with Gasteiger partial charge in [-0.1, -0.05) is 35.9 Å². The van der Waals surface area contributed by atoms with Crippen LogP contribution in [-0.2, 0) is 4.74 Å². The first-order chi connectivity index (χ1) is 10.1. The van der Waals surface area contributed by atoms with Crippen LogP contribution in [0.1, 0.15) is 27.0 Å². The van der Waals surface area contributed by atoms with Gasteiger partial charge in [-0.3, -0.25) is 4.79 Å². The molecule has 0 radical (unpaired) electrons. The maximum atomic E-state index is 12.6. The number of hydrogen-bond donors (Lipinski definition) is 0. The van der Waals surface area contributed by atoms with Gasteiger partial charge in [-0.05, 0) is 26.0 Å². The minimum absolute atomic E-state index is 0.0318. The van der Waals surface area contributed by atoms with Gasteiger partial charge < -0.3 is 9.47 Å². The van der Waals surface area contributed by atoms with Crippen LogP contribution in [-0.4, -0.2) is 25.1 Å². The van der Waals surface area contributed by atoms with Crippen LogP contribution in [0, 0.1) is 13.8 Å². The average Bonchev–Trinajstić information content (AvgIpc) is 3.30. The summed E-state index contributed by atoms with van der Waals surface area (Å²) in [6, 6.07) is 13.2. The minimum Gasteiger partial charge on any atom is -0.490 e. The van der Waals surface area contributed by atoms with Crippen molar-refractivity contribution >= 4 is 5.78 Å². The fourth-order valence-electron chi connectivity index (χ4n) is 2.31. The van der Waals surface area contributed by atoms with Gasteiger partial charge in [0.2, 0.25) is 0 Å². The van der Waals surface area contributed by atoms with Crippen LogP contribution in [0.15, 0.2) is 42.5 Å². The molecule has 108 valence electrons. The first kappa shape index (κ1) is 13.8. The lowest BCUT2D eigenvalue weighted by Crippen LogP contribution is -2.08. The van der Waals surface area contributed by atoms with Gasteiger partial charge in [-0.15, -0.1) is 0 Å². The predicted molar refractivity (Wildman–Crippen MR) is 81.0 cm³/mol. The van der Waals surface area contributed by atoms with E-state index in [1.54, 1.807) is 0 Å². The number of hydrogen-bond acceptors (Lipinski definition) is 3. The molecule has 3 nitrogen and oxygen atoms in total. The number of carbonyl (C=O) groups is 1. The predicted octanol–water partition coefficient (Wildman–Crippen LogP) is 3.31. The fourth-order valence-corrected chi connectivity index (χ4v) is 2.31. The Balaban J connectivity index is 1.86. The molecule has 3 rings (SSSR count). The van der Waals surface area contributed by atoms with Crippen LogP contribution < -0.4 is 4.74 Å². The van der Waals surface area contributed by atoms with Crippen LogP contribution in [0.4, 0.5) is 0 Å². The van der Waals surface area contributed by atoms with E-state index in [-0.39, 0.29) is 11.9 Å². The molecule has 1 fully saturated rings. The Morgan fingerprint density at radius 2 is 2.00 bits per heavy atom. The molecule has 2 aromatic carbocycles. The van der Waals surface area contributed by atoms with E-state index in [4.69, 9.17) is 9.47 Å². The normalized spacial score (nSPS) is 16.6. The molecule has 0 bridgehead atoms. The van der Waals surface area contributed by atoms with Gasteiger partial charge in [0.05, 0.1) is 6.61 Å². The zero-order valence-electron chi connectivity index (χ0n) is 12.3. The van der Waals surface area contributed by atoms with Gasteiger partial charge in [0.15, 0.2) is 5.78 Å². The van der Waals surface area contributed by atoms with Crippen molar-refractivity contribution in [2.45, 2.75) is 20.0 Å². The van der Waals surface area contributed by atoms with E-state index in [1.165, 1.54) is 0 Å². The highest BCUT2D eigenvalue weighted by atomic mass is 16.6. The van der Waals surface area contributed by atoms with E-state index in [0.29, 0.717) is 17.7 Å². The Kier molecular flexibility index (Phi) is 3.76. The zero-order chi connectivity index (χ0) is 14.8. The molecular formula is C18H18O3. The van der Waals surface area contributed by atoms with Crippen molar-refractivity contribution in [1.82, 2.24) is 0 Å². The van der Waals surface area contributed by atoms with Gasteiger partial charge in [-0.2, -0.15) is 0 Å². The number of ether oxygens (including phenoxy) is 2. The third-order valence-electron chi connectivity index (χ3n) is 3.64. The van der Waals surface area contributed by atoms with E-state index >= 15 is 0 Å². The molecule has 0 spiro atoms. The number of epoxide rings is 1. The Hall–Kier alpha value is -2.13. The zero-order valence-corrected chi connectivity index (χ0v) is 12.3. The van der Waals surface area contributed by atoms with E-state index in [0.717, 1.165) is 23.5 Å². The summed E-state index contributed by atoms with van der Waals surface area (Å²) < 4.78 is 10.9. The molecule has 1 heterocycles. The third-order valence-corrected chi connectivity index (χ3v) is 3.64. The number of ketones is 1. The van der Waals surface area contributed by atoms with Gasteiger partial charge in [0.25, 0.3) is 0 Å². The lowest BCUT2D eigenvalue weighted by atomic mass is 9.97. The van der Waals surface area contributed by atoms with Crippen molar-refractivity contribution in [3.8, 4) is 5.75 Å². The Morgan fingerprint density at radius 1 is 1.24 bits per heavy atom. The van der Waals surface area contributed by atoms with Crippen molar-refractivity contribution in [3.05, 3.63) is 64.7 Å². The highest BCUT2D eigenvalue weighted by molar-refractivity contribution is 6.10. The molecule has 1 unspecified atom stereocenters. The van der Waals surface area contributed by atoms with Gasteiger partial charge >= 0.3 is 0 Å². The minimum atomic E-state index is 0.0318. The second-order valence-corrected chi connectivity index (χ2v) is 5.39. The first-order valence-electron chi connectivity index (χ1n) is 7.10. The lowest BCUT2D eigenvalue weighted by Gasteiger charge is -2.11. The van der Waals surface area contributed by atoms with Crippen LogP contribution in [0.3, 0.4) is 0 Å². The van der Waals surface area contributed by atoms with E-state index in [1.807, 2.05) is 56.3 Å². The van der Waals surface area contributed by atoms with E-state index in [9.17, 15) is 4.79 Å². The molecule has 0 N–H and O–H groups in total. The number of carbonyl (C=O) groups excluding carboxylic acids is 1. The second-order valence-electron chi connectivity index (χ2n) is 5.39. The molecule has 3 heteroatoms. The molecule has 1 atom stereocenters. The van der Waals surface area contributed by atoms with Crippen LogP contribution >= 0.6 is 0 Å². The number of rotatable bonds is 5. The van der Waals surface area contributed by atoms with Crippen LogP contribution in [0.25, 0.3) is 0 Å². The molecule has 1 aliphatic rings. The number of benzene rings is 2. The summed E-state index contributed by atoms with van der Waals surface area (Å²) in [4.78, 5) is 12.6. The first-order valence-corrected chi connectivity index (χ1v) is 7.10. The summed E-state index contributed by atoms with van der Waals surface area (Å²) >= 11 is 0. The van der Waals surface area contributed by atoms with Crippen LogP contribution in [0.5, 0.6) is 5.75 Å². The second kappa shape index (κ2) is 5.70. The Bertz CT molecular complexity index is 672. The SMILES string of the molecule is Cc1cccc(C(=O)c2cccc(OCC3CO3)c2C)c1. The van der Waals surface area contributed by atoms with Crippen molar-refractivity contribution in [3.63, 3.8) is 0 Å². The molecule has 0 aromatic heterocycles. The molecule has 0 amide bonds. The third kappa shape index (κ3) is 3.14. The summed E-state index contributed by atoms with van der Waals surface area (Å²) in [7, 11) is 0. The summed E-state index contributed by atoms with van der Waals surface area (Å²) in [5.41, 5.74) is 3.36. The monoisotopic (exact) mass is 282 g/mol. The molecule has 2 aromatic rings. The van der Waals surface area contributed by atoms with Crippen LogP contribution in [0.2, 0.25) is 0 Å². The van der Waals surface area contributed by atoms with E-state index < -0.39 is 0 Å². The summed E-state index contributed by atoms with van der Waals surface area (Å²) in [6.45, 7) is 5.22. The summed E-state index contributed by atoms with van der Waals surface area (Å²) in [6.07, 6.45) is 0.209. The summed E-state index contributed by atoms with van der Waals surface area (Å²) in [5.74, 6) is 0.785. The maximum absolute atomic E-state index is 12.6. The number of aryl methyl sites for hydroxylation is 1. The molecule has 1 aliphatic heterocycles. The highest BCUT2D eigenvalue weighted by Crippen LogP contribution is 2.25. The smallest absolute Gasteiger partial charge is 0.193 e. The Morgan fingerprint density at radius 3 is 2.71 bits per heavy atom. The average molecular weight is 282 g/mol. The summed E-state index contributed by atoms with van der Waals surface area (Å²) in [5, 5.41) is 0. The molecular weight excluding hydrogens is 264 g/mol. The molecule has 21 heavy (non-hydrogen) atoms. The lowest BCUT2D eigenvalue weighted by molar-refractivity contribution is 0.103. The van der Waals surface area contributed by atoms with Gasteiger partial charge in [0.1, 0.15) is 18.5 Å². The highest BCUT2D eigenvalue weighted by Gasteiger charge is 2.24. The van der Waals surface area contributed by atoms with Crippen molar-refractivity contribution in [2.24, 2.45) is 0 Å². The molecule has 0 aliphatic carbocycles. The quantitative estimate of drug-likeness (QED) is 0.624. The fraction of sp³-hybridized carbons (Fsp3) is 0.278. The van der Waals surface area contributed by atoms with Crippen molar-refractivity contribution in [1.29, 1.82) is 0 Å². The largest absolute Gasteiger partial charge is 0.490 e. The maximum Gasteiger partial charge on any atom is 0.193 e. The molecule has 1 saturated heterocycles. The molecule has 0 saturated carbocycles. The van der Waals surface area contributed by atoms with E-state index in [2.05, 4.69) is 0 Å². The Labute approximate surface area is 124 Å². The topological polar surface area (TPSA) is 38.8 Å². The van der Waals surface area contributed by atoms with Crippen molar-refractivity contribution in [2.75, 3.05) is 13.2 Å². The van der Waals surface area contributed by atoms with Crippen molar-refractivity contribution < 1.29 is 14.3 Å².